The average molecular weight is 480 g/mol. The topological polar surface area (TPSA) is 116 Å². The van der Waals surface area contributed by atoms with Gasteiger partial charge in [0.15, 0.2) is 0 Å². The number of carbonyl (C=O) groups is 2. The fraction of sp³-hybridized carbons (Fsp3) is 0.364. The van der Waals surface area contributed by atoms with Crippen LogP contribution in [-0.4, -0.2) is 59.8 Å². The smallest absolute Gasteiger partial charge is 0.263 e. The number of ether oxygens (including phenoxy) is 1. The van der Waals surface area contributed by atoms with Crippen molar-refractivity contribution in [1.29, 1.82) is 0 Å². The molecule has 1 aliphatic rings. The van der Waals surface area contributed by atoms with Gasteiger partial charge in [0.05, 0.1) is 10.9 Å². The predicted octanol–water partition coefficient (Wildman–Crippen LogP) is 1.83. The monoisotopic (exact) mass is 479 g/mol. The first-order valence-electron chi connectivity index (χ1n) is 10.3. The van der Waals surface area contributed by atoms with Crippen LogP contribution in [0.2, 0.25) is 0 Å². The zero-order valence-electron chi connectivity index (χ0n) is 18.5. The largest absolute Gasteiger partial charge is 0.489 e. The maximum absolute atomic E-state index is 13.5. The molecule has 1 heterocycles. The minimum atomic E-state index is -4.13. The molecule has 2 amide bonds. The van der Waals surface area contributed by atoms with Crippen molar-refractivity contribution in [3.8, 4) is 5.75 Å². The number of halogens is 1. The molecule has 2 aromatic rings. The van der Waals surface area contributed by atoms with Crippen LogP contribution >= 0.6 is 0 Å². The molecule has 0 spiro atoms. The van der Waals surface area contributed by atoms with E-state index in [4.69, 9.17) is 9.94 Å². The van der Waals surface area contributed by atoms with Gasteiger partial charge in [-0.25, -0.2) is 18.3 Å². The predicted molar refractivity (Wildman–Crippen MR) is 116 cm³/mol. The molecule has 1 aliphatic heterocycles. The lowest BCUT2D eigenvalue weighted by molar-refractivity contribution is -0.142. The number of nitrogens with zero attached hydrogens (tertiary/aromatic N) is 2. The molecule has 178 valence electrons. The minimum Gasteiger partial charge on any atom is -0.489 e. The normalized spacial score (nSPS) is 19.2. The van der Waals surface area contributed by atoms with E-state index in [1.165, 1.54) is 53.7 Å². The third kappa shape index (κ3) is 5.15. The number of amides is 2. The van der Waals surface area contributed by atoms with Crippen LogP contribution in [0.1, 0.15) is 25.0 Å². The SMILES string of the molecule is CC(=O)N1CCN(S(=O)(=O)c2ccc(OCc3cc(F)ccc3C)cc2)[C@@H](C(=O)NO)[C@@H]1C. The lowest BCUT2D eigenvalue weighted by atomic mass is 10.0. The highest BCUT2D eigenvalue weighted by atomic mass is 32.2. The second-order valence-corrected chi connectivity index (χ2v) is 9.71. The van der Waals surface area contributed by atoms with Gasteiger partial charge in [0.1, 0.15) is 24.2 Å². The Hall–Kier alpha value is -3.02. The minimum absolute atomic E-state index is 0.0731. The molecular weight excluding hydrogens is 453 g/mol. The first-order valence-corrected chi connectivity index (χ1v) is 11.7. The summed E-state index contributed by atoms with van der Waals surface area (Å²) >= 11 is 0. The first-order chi connectivity index (χ1) is 15.6. The van der Waals surface area contributed by atoms with Crippen LogP contribution in [0.25, 0.3) is 0 Å². The molecule has 1 saturated heterocycles. The number of aryl methyl sites for hydroxylation is 1. The van der Waals surface area contributed by atoms with Gasteiger partial charge >= 0.3 is 0 Å². The van der Waals surface area contributed by atoms with E-state index in [9.17, 15) is 22.4 Å². The van der Waals surface area contributed by atoms with E-state index >= 15 is 0 Å². The Bertz CT molecular complexity index is 1140. The van der Waals surface area contributed by atoms with Gasteiger partial charge in [0.2, 0.25) is 15.9 Å². The summed E-state index contributed by atoms with van der Waals surface area (Å²) in [6.07, 6.45) is 0. The zero-order chi connectivity index (χ0) is 24.3. The lowest BCUT2D eigenvalue weighted by Gasteiger charge is -2.43. The second-order valence-electron chi connectivity index (χ2n) is 7.82. The molecule has 0 saturated carbocycles. The number of carbonyl (C=O) groups excluding carboxylic acids is 2. The third-order valence-corrected chi connectivity index (χ3v) is 7.63. The van der Waals surface area contributed by atoms with Crippen molar-refractivity contribution in [3.05, 3.63) is 59.4 Å². The fourth-order valence-electron chi connectivity index (χ4n) is 3.89. The Kier molecular flexibility index (Phi) is 7.35. The summed E-state index contributed by atoms with van der Waals surface area (Å²) in [4.78, 5) is 25.5. The molecular formula is C22H26FN3O6S. The van der Waals surface area contributed by atoms with Crippen LogP contribution in [0.5, 0.6) is 5.75 Å². The van der Waals surface area contributed by atoms with Gasteiger partial charge in [0.25, 0.3) is 5.91 Å². The number of sulfonamides is 1. The Morgan fingerprint density at radius 2 is 1.85 bits per heavy atom. The quantitative estimate of drug-likeness (QED) is 0.482. The number of hydroxylamine groups is 1. The highest BCUT2D eigenvalue weighted by molar-refractivity contribution is 7.89. The molecule has 11 heteroatoms. The van der Waals surface area contributed by atoms with Gasteiger partial charge in [-0.3, -0.25) is 14.8 Å². The Balaban J connectivity index is 1.80. The Morgan fingerprint density at radius 3 is 2.45 bits per heavy atom. The standard InChI is InChI=1S/C22H26FN3O6S/c1-14-4-5-18(23)12-17(14)13-32-19-6-8-20(9-7-19)33(30,31)26-11-10-25(16(3)27)15(2)21(26)22(28)24-29/h4-9,12,15,21,29H,10-11,13H2,1-3H3,(H,24,28)/t15-,21+/m0/s1. The number of rotatable bonds is 6. The van der Waals surface area contributed by atoms with Gasteiger partial charge in [-0.2, -0.15) is 4.31 Å². The molecule has 0 bridgehead atoms. The van der Waals surface area contributed by atoms with E-state index in [-0.39, 0.29) is 36.3 Å². The summed E-state index contributed by atoms with van der Waals surface area (Å²) in [5, 5.41) is 9.15. The van der Waals surface area contributed by atoms with Crippen molar-refractivity contribution >= 4 is 21.8 Å². The van der Waals surface area contributed by atoms with E-state index in [1.807, 2.05) is 6.92 Å². The van der Waals surface area contributed by atoms with Crippen LogP contribution in [-0.2, 0) is 26.2 Å². The molecule has 33 heavy (non-hydrogen) atoms. The third-order valence-electron chi connectivity index (χ3n) is 5.74. The number of piperazine rings is 1. The van der Waals surface area contributed by atoms with Crippen LogP contribution < -0.4 is 10.2 Å². The summed E-state index contributed by atoms with van der Waals surface area (Å²) in [5.41, 5.74) is 3.03. The molecule has 9 nitrogen and oxygen atoms in total. The van der Waals surface area contributed by atoms with E-state index < -0.39 is 28.0 Å². The van der Waals surface area contributed by atoms with E-state index in [0.29, 0.717) is 11.3 Å². The van der Waals surface area contributed by atoms with Crippen molar-refractivity contribution < 1.29 is 32.3 Å². The van der Waals surface area contributed by atoms with Gasteiger partial charge in [-0.15, -0.1) is 0 Å². The summed E-state index contributed by atoms with van der Waals surface area (Å²) in [7, 11) is -4.13. The van der Waals surface area contributed by atoms with Crippen molar-refractivity contribution in [1.82, 2.24) is 14.7 Å². The molecule has 2 N–H and O–H groups in total. The van der Waals surface area contributed by atoms with Crippen LogP contribution in [0.4, 0.5) is 4.39 Å². The van der Waals surface area contributed by atoms with Gasteiger partial charge in [-0.05, 0) is 61.4 Å². The molecule has 3 rings (SSSR count). The molecule has 1 fully saturated rings. The highest BCUT2D eigenvalue weighted by Gasteiger charge is 2.45. The van der Waals surface area contributed by atoms with Gasteiger partial charge < -0.3 is 9.64 Å². The van der Waals surface area contributed by atoms with Crippen LogP contribution in [0.3, 0.4) is 0 Å². The van der Waals surface area contributed by atoms with Crippen LogP contribution in [0.15, 0.2) is 47.4 Å². The van der Waals surface area contributed by atoms with Crippen molar-refractivity contribution in [3.63, 3.8) is 0 Å². The summed E-state index contributed by atoms with van der Waals surface area (Å²) in [5.74, 6) is -1.22. The van der Waals surface area contributed by atoms with Crippen molar-refractivity contribution in [2.45, 2.75) is 44.4 Å². The highest BCUT2D eigenvalue weighted by Crippen LogP contribution is 2.27. The van der Waals surface area contributed by atoms with Crippen molar-refractivity contribution in [2.24, 2.45) is 0 Å². The molecule has 0 radical (unpaired) electrons. The maximum atomic E-state index is 13.5. The number of nitrogens with one attached hydrogen (secondary N) is 1. The summed E-state index contributed by atoms with van der Waals surface area (Å²) < 4.78 is 46.7. The van der Waals surface area contributed by atoms with Gasteiger partial charge in [0, 0.05) is 20.0 Å². The summed E-state index contributed by atoms with van der Waals surface area (Å²) in [6, 6.07) is 7.94. The van der Waals surface area contributed by atoms with Crippen molar-refractivity contribution in [2.75, 3.05) is 13.1 Å². The zero-order valence-corrected chi connectivity index (χ0v) is 19.3. The fourth-order valence-corrected chi connectivity index (χ4v) is 5.53. The summed E-state index contributed by atoms with van der Waals surface area (Å²) in [6.45, 7) is 4.83. The van der Waals surface area contributed by atoms with E-state index in [0.717, 1.165) is 9.87 Å². The molecule has 0 aliphatic carbocycles. The molecule has 0 unspecified atom stereocenters. The Labute approximate surface area is 191 Å². The lowest BCUT2D eigenvalue weighted by Crippen LogP contribution is -2.65. The number of hydrogen-bond acceptors (Lipinski definition) is 6. The second kappa shape index (κ2) is 9.86. The maximum Gasteiger partial charge on any atom is 0.263 e. The Morgan fingerprint density at radius 1 is 1.18 bits per heavy atom. The first kappa shape index (κ1) is 24.6. The van der Waals surface area contributed by atoms with Crippen LogP contribution in [0, 0.1) is 12.7 Å². The number of benzene rings is 2. The molecule has 2 aromatic carbocycles. The van der Waals surface area contributed by atoms with Gasteiger partial charge in [-0.1, -0.05) is 6.07 Å². The van der Waals surface area contributed by atoms with E-state index in [2.05, 4.69) is 0 Å². The number of hydrogen-bond donors (Lipinski definition) is 2. The van der Waals surface area contributed by atoms with E-state index in [1.54, 1.807) is 13.0 Å². The molecule has 0 aromatic heterocycles. The average Bonchev–Trinajstić information content (AvgIpc) is 2.78. The molecule has 2 atom stereocenters.